The lowest BCUT2D eigenvalue weighted by atomic mass is 9.84. The minimum absolute atomic E-state index is 0.0429. The summed E-state index contributed by atoms with van der Waals surface area (Å²) in [5, 5.41) is 3.14. The van der Waals surface area contributed by atoms with Crippen LogP contribution in [-0.4, -0.2) is 12.5 Å². The molecule has 0 radical (unpaired) electrons. The van der Waals surface area contributed by atoms with Crippen LogP contribution < -0.4 is 10.1 Å². The van der Waals surface area contributed by atoms with E-state index in [2.05, 4.69) is 42.6 Å². The first-order valence-electron chi connectivity index (χ1n) is 10.5. The maximum atomic E-state index is 13.3. The second-order valence-electron chi connectivity index (χ2n) is 7.78. The van der Waals surface area contributed by atoms with E-state index in [9.17, 15) is 4.79 Å². The van der Waals surface area contributed by atoms with Gasteiger partial charge in [-0.2, -0.15) is 0 Å². The molecule has 0 fully saturated rings. The third-order valence-corrected chi connectivity index (χ3v) is 5.58. The Morgan fingerprint density at radius 1 is 1.03 bits per heavy atom. The number of nitrogens with one attached hydrogen (secondary N) is 1. The van der Waals surface area contributed by atoms with Gasteiger partial charge in [0.1, 0.15) is 5.75 Å². The molecule has 0 saturated carbocycles. The predicted molar refractivity (Wildman–Crippen MR) is 121 cm³/mol. The Morgan fingerprint density at radius 3 is 2.53 bits per heavy atom. The Hall–Kier alpha value is -3.33. The molecule has 1 aliphatic rings. The molecule has 0 bridgehead atoms. The summed E-state index contributed by atoms with van der Waals surface area (Å²) < 4.78 is 5.65. The van der Waals surface area contributed by atoms with Crippen LogP contribution in [0.2, 0.25) is 0 Å². The molecule has 2 atom stereocenters. The highest BCUT2D eigenvalue weighted by Gasteiger charge is 2.27. The van der Waals surface area contributed by atoms with Crippen LogP contribution in [0, 0.1) is 5.92 Å². The highest BCUT2D eigenvalue weighted by molar-refractivity contribution is 5.84. The van der Waals surface area contributed by atoms with Gasteiger partial charge in [-0.3, -0.25) is 4.79 Å². The average molecular weight is 398 g/mol. The van der Waals surface area contributed by atoms with Crippen molar-refractivity contribution in [3.63, 3.8) is 0 Å². The van der Waals surface area contributed by atoms with Gasteiger partial charge in [0.2, 0.25) is 5.91 Å². The van der Waals surface area contributed by atoms with Crippen LogP contribution in [0.3, 0.4) is 0 Å². The van der Waals surface area contributed by atoms with Crippen molar-refractivity contribution in [3.8, 4) is 5.75 Å². The van der Waals surface area contributed by atoms with E-state index >= 15 is 0 Å². The zero-order valence-corrected chi connectivity index (χ0v) is 17.3. The summed E-state index contributed by atoms with van der Waals surface area (Å²) in [6, 6.07) is 26.4. The van der Waals surface area contributed by atoms with Crippen molar-refractivity contribution in [2.24, 2.45) is 5.92 Å². The van der Waals surface area contributed by atoms with Crippen molar-refractivity contribution < 1.29 is 9.53 Å². The standard InChI is InChI=1S/C27H27NO2/c1-20(12-13-21-8-4-2-5-9-21)26(24-14-15-25-23(18-24)16-17-30-25)27(29)28-19-22-10-6-3-7-11-22/h2-15,18,20,26H,16-17,19H2,1H3,(H,28,29)/b13-12+/t20-,26+/m1/s1. The van der Waals surface area contributed by atoms with E-state index in [1.807, 2.05) is 60.7 Å². The molecule has 30 heavy (non-hydrogen) atoms. The second kappa shape index (κ2) is 9.45. The molecule has 1 aliphatic heterocycles. The average Bonchev–Trinajstić information content (AvgIpc) is 3.26. The molecule has 0 saturated heterocycles. The maximum Gasteiger partial charge on any atom is 0.228 e. The highest BCUT2D eigenvalue weighted by atomic mass is 16.5. The van der Waals surface area contributed by atoms with Gasteiger partial charge in [-0.05, 0) is 34.2 Å². The molecule has 3 nitrogen and oxygen atoms in total. The van der Waals surface area contributed by atoms with E-state index in [4.69, 9.17) is 4.74 Å². The fourth-order valence-corrected chi connectivity index (χ4v) is 3.93. The lowest BCUT2D eigenvalue weighted by Gasteiger charge is -2.22. The van der Waals surface area contributed by atoms with Crippen molar-refractivity contribution in [1.29, 1.82) is 0 Å². The van der Waals surface area contributed by atoms with Crippen LogP contribution in [0.25, 0.3) is 6.08 Å². The third-order valence-electron chi connectivity index (χ3n) is 5.58. The van der Waals surface area contributed by atoms with E-state index in [0.717, 1.165) is 28.9 Å². The molecule has 0 spiro atoms. The number of rotatable bonds is 7. The third kappa shape index (κ3) is 4.80. The van der Waals surface area contributed by atoms with Crippen molar-refractivity contribution in [2.75, 3.05) is 6.61 Å². The first-order chi connectivity index (χ1) is 14.7. The topological polar surface area (TPSA) is 38.3 Å². The summed E-state index contributed by atoms with van der Waals surface area (Å²) in [6.07, 6.45) is 5.13. The Bertz CT molecular complexity index is 1010. The molecular weight excluding hydrogens is 370 g/mol. The lowest BCUT2D eigenvalue weighted by molar-refractivity contribution is -0.123. The molecule has 3 heteroatoms. The molecule has 3 aromatic rings. The van der Waals surface area contributed by atoms with Gasteiger partial charge in [0.05, 0.1) is 12.5 Å². The lowest BCUT2D eigenvalue weighted by Crippen LogP contribution is -2.32. The molecule has 0 unspecified atom stereocenters. The zero-order valence-electron chi connectivity index (χ0n) is 17.3. The van der Waals surface area contributed by atoms with Gasteiger partial charge < -0.3 is 10.1 Å². The SMILES string of the molecule is C[C@H](/C=C/c1ccccc1)[C@H](C(=O)NCc1ccccc1)c1ccc2c(c1)CCO2. The van der Waals surface area contributed by atoms with Gasteiger partial charge >= 0.3 is 0 Å². The number of fused-ring (bicyclic) bond motifs is 1. The summed E-state index contributed by atoms with van der Waals surface area (Å²) in [5.41, 5.74) is 4.46. The van der Waals surface area contributed by atoms with Crippen LogP contribution in [0.15, 0.2) is 84.9 Å². The molecule has 1 N–H and O–H groups in total. The minimum Gasteiger partial charge on any atom is -0.493 e. The van der Waals surface area contributed by atoms with E-state index < -0.39 is 0 Å². The number of amides is 1. The van der Waals surface area contributed by atoms with Crippen molar-refractivity contribution in [3.05, 3.63) is 107 Å². The summed E-state index contributed by atoms with van der Waals surface area (Å²) in [7, 11) is 0. The van der Waals surface area contributed by atoms with E-state index in [1.54, 1.807) is 0 Å². The van der Waals surface area contributed by atoms with Crippen LogP contribution in [-0.2, 0) is 17.8 Å². The number of hydrogen-bond acceptors (Lipinski definition) is 2. The number of benzene rings is 3. The minimum atomic E-state index is -0.264. The smallest absolute Gasteiger partial charge is 0.228 e. The van der Waals surface area contributed by atoms with Gasteiger partial charge in [0.15, 0.2) is 0 Å². The van der Waals surface area contributed by atoms with Crippen molar-refractivity contribution in [1.82, 2.24) is 5.32 Å². The highest BCUT2D eigenvalue weighted by Crippen LogP contribution is 2.33. The van der Waals surface area contributed by atoms with E-state index in [-0.39, 0.29) is 17.7 Å². The Kier molecular flexibility index (Phi) is 6.29. The van der Waals surface area contributed by atoms with E-state index in [1.165, 1.54) is 5.56 Å². The fraction of sp³-hybridized carbons (Fsp3) is 0.222. The Balaban J connectivity index is 1.57. The summed E-state index contributed by atoms with van der Waals surface area (Å²) >= 11 is 0. The van der Waals surface area contributed by atoms with Crippen LogP contribution in [0.5, 0.6) is 5.75 Å². The Labute approximate surface area is 178 Å². The number of hydrogen-bond donors (Lipinski definition) is 1. The first kappa shape index (κ1) is 20.0. The molecule has 152 valence electrons. The van der Waals surface area contributed by atoms with Crippen molar-refractivity contribution in [2.45, 2.75) is 25.8 Å². The van der Waals surface area contributed by atoms with Crippen LogP contribution in [0.1, 0.15) is 35.1 Å². The summed E-state index contributed by atoms with van der Waals surface area (Å²) in [6.45, 7) is 3.35. The van der Waals surface area contributed by atoms with Crippen molar-refractivity contribution >= 4 is 12.0 Å². The first-order valence-corrected chi connectivity index (χ1v) is 10.5. The van der Waals surface area contributed by atoms with Crippen LogP contribution >= 0.6 is 0 Å². The molecular formula is C27H27NO2. The molecule has 1 heterocycles. The molecule has 4 rings (SSSR count). The fourth-order valence-electron chi connectivity index (χ4n) is 3.93. The molecule has 0 aromatic heterocycles. The number of ether oxygens (including phenoxy) is 1. The van der Waals surface area contributed by atoms with Gasteiger partial charge in [-0.1, -0.05) is 91.9 Å². The Morgan fingerprint density at radius 2 is 1.77 bits per heavy atom. The van der Waals surface area contributed by atoms with E-state index in [0.29, 0.717) is 13.2 Å². The summed E-state index contributed by atoms with van der Waals surface area (Å²) in [4.78, 5) is 13.3. The monoisotopic (exact) mass is 397 g/mol. The number of carbonyl (C=O) groups excluding carboxylic acids is 1. The zero-order chi connectivity index (χ0) is 20.8. The molecule has 3 aromatic carbocycles. The largest absolute Gasteiger partial charge is 0.493 e. The molecule has 1 amide bonds. The number of carbonyl (C=O) groups is 1. The summed E-state index contributed by atoms with van der Waals surface area (Å²) in [5.74, 6) is 0.763. The second-order valence-corrected chi connectivity index (χ2v) is 7.78. The van der Waals surface area contributed by atoms with Crippen LogP contribution in [0.4, 0.5) is 0 Å². The van der Waals surface area contributed by atoms with Gasteiger partial charge in [-0.25, -0.2) is 0 Å². The van der Waals surface area contributed by atoms with Gasteiger partial charge in [0, 0.05) is 13.0 Å². The van der Waals surface area contributed by atoms with Gasteiger partial charge in [0.25, 0.3) is 0 Å². The predicted octanol–water partition coefficient (Wildman–Crippen LogP) is 5.37. The maximum absolute atomic E-state index is 13.3. The molecule has 0 aliphatic carbocycles. The quantitative estimate of drug-likeness (QED) is 0.582. The number of allylic oxidation sites excluding steroid dienone is 1. The normalized spacial score (nSPS) is 14.7. The van der Waals surface area contributed by atoms with Gasteiger partial charge in [-0.15, -0.1) is 0 Å².